The molecule has 1 heterocycles. The molecule has 0 aliphatic carbocycles. The first kappa shape index (κ1) is 15.0. The Morgan fingerprint density at radius 2 is 1.68 bits per heavy atom. The number of nitrogens with zero attached hydrogens (tertiary/aromatic N) is 1. The normalized spacial score (nSPS) is 17.7. The van der Waals surface area contributed by atoms with Gasteiger partial charge in [-0.1, -0.05) is 0 Å². The predicted molar refractivity (Wildman–Crippen MR) is 86.9 cm³/mol. The maximum absolute atomic E-state index is 12.6. The van der Waals surface area contributed by atoms with Crippen molar-refractivity contribution < 1.29 is 9.59 Å². The molecule has 2 aromatic rings. The number of hydrogen-bond donors (Lipinski definition) is 0. The molecule has 0 N–H and O–H groups in total. The molecule has 0 spiro atoms. The van der Waals surface area contributed by atoms with Gasteiger partial charge in [0.1, 0.15) is 0 Å². The van der Waals surface area contributed by atoms with Gasteiger partial charge in [0, 0.05) is 0 Å². The van der Waals surface area contributed by atoms with Gasteiger partial charge in [0.15, 0.2) is 0 Å². The maximum atomic E-state index is 12.6. The van der Waals surface area contributed by atoms with Crippen LogP contribution in [0.15, 0.2) is 60.7 Å². The van der Waals surface area contributed by atoms with Crippen LogP contribution in [-0.4, -0.2) is 36.5 Å². The molecule has 1 amide bonds. The van der Waals surface area contributed by atoms with Gasteiger partial charge in [-0.3, -0.25) is 0 Å². The van der Waals surface area contributed by atoms with Crippen LogP contribution in [0.3, 0.4) is 0 Å². The zero-order valence-electron chi connectivity index (χ0n) is 12.1. The van der Waals surface area contributed by atoms with Gasteiger partial charge in [-0.05, 0) is 0 Å². The van der Waals surface area contributed by atoms with Gasteiger partial charge in [0.05, 0.1) is 0 Å². The van der Waals surface area contributed by atoms with Gasteiger partial charge < -0.3 is 0 Å². The Balaban J connectivity index is 1.71. The Hall–Kier alpha value is -1.90. The van der Waals surface area contributed by atoms with E-state index in [9.17, 15) is 9.59 Å². The minimum atomic E-state index is -0.257. The Labute approximate surface area is 136 Å². The molecule has 2 aromatic carbocycles. The summed E-state index contributed by atoms with van der Waals surface area (Å²) in [5.74, 6) is 0.0889. The second-order valence-electron chi connectivity index (χ2n) is 5.30. The summed E-state index contributed by atoms with van der Waals surface area (Å²) in [5, 5.41) is 0. The van der Waals surface area contributed by atoms with Gasteiger partial charge in [-0.2, -0.15) is 0 Å². The molecule has 1 saturated heterocycles. The van der Waals surface area contributed by atoms with Crippen LogP contribution in [0.5, 0.6) is 0 Å². The van der Waals surface area contributed by atoms with E-state index in [0.29, 0.717) is 19.4 Å². The number of likely N-dealkylation sites (tertiary alicyclic amines) is 1. The van der Waals surface area contributed by atoms with Crippen molar-refractivity contribution in [3.05, 3.63) is 66.2 Å². The quantitative estimate of drug-likeness (QED) is 0.764. The number of carbonyl (C=O) groups excluding carboxylic acids is 2. The fraction of sp³-hybridized carbons (Fsp3) is 0.222. The van der Waals surface area contributed by atoms with Crippen molar-refractivity contribution in [2.45, 2.75) is 25.4 Å². The van der Waals surface area contributed by atoms with Crippen LogP contribution in [-0.2, 0) is 16.1 Å². The van der Waals surface area contributed by atoms with Crippen molar-refractivity contribution in [1.29, 1.82) is 0 Å². The molecule has 0 radical (unpaired) electrons. The van der Waals surface area contributed by atoms with Gasteiger partial charge in [-0.25, -0.2) is 0 Å². The molecule has 0 saturated carbocycles. The molecule has 3 rings (SSSR count). The Bertz CT molecular complexity index is 657. The number of benzene rings is 2. The van der Waals surface area contributed by atoms with Crippen molar-refractivity contribution in [1.82, 2.24) is 4.90 Å². The topological polar surface area (TPSA) is 37.4 Å². The van der Waals surface area contributed by atoms with Crippen LogP contribution in [0.2, 0.25) is 0 Å². The molecular formula is C18H17NO2Se. The standard InChI is InChI=1S/C18H17NO2Se/c20-17-12-11-16(18(21)22-15-9-5-2-6-10-15)19(17)13-14-7-3-1-4-8-14/h1-10,16H,11-13H2. The van der Waals surface area contributed by atoms with E-state index in [1.807, 2.05) is 60.7 Å². The van der Waals surface area contributed by atoms with Crippen LogP contribution in [0, 0.1) is 0 Å². The first-order chi connectivity index (χ1) is 10.7. The van der Waals surface area contributed by atoms with E-state index in [1.54, 1.807) is 4.90 Å². The molecule has 3 nitrogen and oxygen atoms in total. The fourth-order valence-electron chi connectivity index (χ4n) is 2.63. The summed E-state index contributed by atoms with van der Waals surface area (Å²) in [6.45, 7) is 0.529. The summed E-state index contributed by atoms with van der Waals surface area (Å²) >= 11 is -0.231. The molecule has 0 aromatic heterocycles. The third kappa shape index (κ3) is 3.46. The summed E-state index contributed by atoms with van der Waals surface area (Å²) < 4.78 is 1.26. The molecule has 22 heavy (non-hydrogen) atoms. The van der Waals surface area contributed by atoms with E-state index < -0.39 is 0 Å². The Kier molecular flexibility index (Phi) is 4.71. The molecule has 112 valence electrons. The van der Waals surface area contributed by atoms with Crippen molar-refractivity contribution in [3.8, 4) is 0 Å². The Morgan fingerprint density at radius 3 is 2.36 bits per heavy atom. The molecule has 1 aliphatic heterocycles. The van der Waals surface area contributed by atoms with E-state index in [-0.39, 0.29) is 31.6 Å². The second kappa shape index (κ2) is 6.91. The summed E-state index contributed by atoms with van der Waals surface area (Å²) in [6, 6.07) is 19.4. The molecule has 1 unspecified atom stereocenters. The van der Waals surface area contributed by atoms with E-state index in [2.05, 4.69) is 0 Å². The molecule has 1 atom stereocenters. The van der Waals surface area contributed by atoms with Gasteiger partial charge in [0.2, 0.25) is 0 Å². The SMILES string of the molecule is O=C([Se]c1ccccc1)C1CCC(=O)N1Cc1ccccc1. The van der Waals surface area contributed by atoms with Crippen LogP contribution in [0.1, 0.15) is 18.4 Å². The molecule has 4 heteroatoms. The van der Waals surface area contributed by atoms with Crippen molar-refractivity contribution >= 4 is 30.0 Å². The number of rotatable bonds is 5. The monoisotopic (exact) mass is 359 g/mol. The van der Waals surface area contributed by atoms with Crippen molar-refractivity contribution in [2.24, 2.45) is 0 Å². The first-order valence-corrected chi connectivity index (χ1v) is 9.05. The Morgan fingerprint density at radius 1 is 1.05 bits per heavy atom. The van der Waals surface area contributed by atoms with E-state index in [0.717, 1.165) is 10.0 Å². The summed E-state index contributed by atoms with van der Waals surface area (Å²) in [7, 11) is 0. The molecule has 0 bridgehead atoms. The average molecular weight is 358 g/mol. The van der Waals surface area contributed by atoms with E-state index in [4.69, 9.17) is 0 Å². The zero-order valence-corrected chi connectivity index (χ0v) is 13.9. The third-order valence-electron chi connectivity index (χ3n) is 3.76. The van der Waals surface area contributed by atoms with Crippen LogP contribution < -0.4 is 4.46 Å². The van der Waals surface area contributed by atoms with Gasteiger partial charge >= 0.3 is 136 Å². The molecular weight excluding hydrogens is 341 g/mol. The number of hydrogen-bond acceptors (Lipinski definition) is 2. The number of carbonyl (C=O) groups is 2. The van der Waals surface area contributed by atoms with Crippen LogP contribution in [0.25, 0.3) is 0 Å². The second-order valence-corrected chi connectivity index (χ2v) is 7.56. The predicted octanol–water partition coefficient (Wildman–Crippen LogP) is 1.73. The molecule has 1 fully saturated rings. The fourth-order valence-corrected chi connectivity index (χ4v) is 4.53. The first-order valence-electron chi connectivity index (χ1n) is 7.34. The zero-order chi connectivity index (χ0) is 15.4. The van der Waals surface area contributed by atoms with Crippen LogP contribution >= 0.6 is 0 Å². The summed E-state index contributed by atoms with van der Waals surface area (Å²) in [6.07, 6.45) is 1.13. The number of amides is 1. The van der Waals surface area contributed by atoms with E-state index >= 15 is 0 Å². The van der Waals surface area contributed by atoms with Crippen molar-refractivity contribution in [2.75, 3.05) is 0 Å². The van der Waals surface area contributed by atoms with E-state index in [1.165, 1.54) is 0 Å². The average Bonchev–Trinajstić information content (AvgIpc) is 2.90. The summed E-state index contributed by atoms with van der Waals surface area (Å²) in [4.78, 5) is 26.5. The van der Waals surface area contributed by atoms with Crippen LogP contribution in [0.4, 0.5) is 0 Å². The third-order valence-corrected chi connectivity index (χ3v) is 5.82. The van der Waals surface area contributed by atoms with Gasteiger partial charge in [-0.15, -0.1) is 0 Å². The molecule has 1 aliphatic rings. The van der Waals surface area contributed by atoms with Crippen molar-refractivity contribution in [3.63, 3.8) is 0 Å². The van der Waals surface area contributed by atoms with Gasteiger partial charge in [0.25, 0.3) is 0 Å². The minimum absolute atomic E-state index is 0.0889. The summed E-state index contributed by atoms with van der Waals surface area (Å²) in [5.41, 5.74) is 1.07.